The number of amides is 1. The molecule has 6 nitrogen and oxygen atoms in total. The predicted octanol–water partition coefficient (Wildman–Crippen LogP) is 3.61. The zero-order valence-corrected chi connectivity index (χ0v) is 17.5. The van der Waals surface area contributed by atoms with E-state index in [1.165, 1.54) is 26.2 Å². The molecule has 0 aromatic heterocycles. The lowest BCUT2D eigenvalue weighted by Crippen LogP contribution is -2.30. The van der Waals surface area contributed by atoms with Crippen LogP contribution in [0, 0.1) is 13.8 Å². The number of aryl methyl sites for hydroxylation is 2. The van der Waals surface area contributed by atoms with Crippen LogP contribution in [0.2, 0.25) is 5.02 Å². The quantitative estimate of drug-likeness (QED) is 0.789. The second-order valence-electron chi connectivity index (χ2n) is 6.45. The van der Waals surface area contributed by atoms with Gasteiger partial charge in [0.1, 0.15) is 5.75 Å². The van der Waals surface area contributed by atoms with E-state index in [0.29, 0.717) is 16.5 Å². The first-order valence-electron chi connectivity index (χ1n) is 8.29. The van der Waals surface area contributed by atoms with Gasteiger partial charge in [0.25, 0.3) is 5.91 Å². The first kappa shape index (κ1) is 21.2. The van der Waals surface area contributed by atoms with E-state index in [4.69, 9.17) is 16.3 Å². The first-order valence-corrected chi connectivity index (χ1v) is 10.1. The number of anilines is 1. The topological polar surface area (TPSA) is 75.7 Å². The second-order valence-corrected chi connectivity index (χ2v) is 9.01. The minimum atomic E-state index is -3.60. The highest BCUT2D eigenvalue weighted by atomic mass is 35.5. The Balaban J connectivity index is 2.21. The highest BCUT2D eigenvalue weighted by Crippen LogP contribution is 2.27. The van der Waals surface area contributed by atoms with E-state index < -0.39 is 22.0 Å². The number of hydrogen-bond donors (Lipinski definition) is 1. The van der Waals surface area contributed by atoms with E-state index in [2.05, 4.69) is 5.32 Å². The largest absolute Gasteiger partial charge is 0.479 e. The SMILES string of the molecule is Cc1ccc(Cl)c(OC(C)C(=O)Nc2cc(S(=O)(=O)N(C)C)ccc2C)c1. The Kier molecular flexibility index (Phi) is 6.51. The minimum Gasteiger partial charge on any atom is -0.479 e. The van der Waals surface area contributed by atoms with Crippen LogP contribution in [-0.4, -0.2) is 38.8 Å². The van der Waals surface area contributed by atoms with Crippen molar-refractivity contribution >= 4 is 33.2 Å². The molecule has 0 heterocycles. The van der Waals surface area contributed by atoms with Crippen LogP contribution in [0.4, 0.5) is 5.69 Å². The normalized spacial score (nSPS) is 12.7. The van der Waals surface area contributed by atoms with Gasteiger partial charge in [0, 0.05) is 19.8 Å². The molecule has 0 aliphatic rings. The van der Waals surface area contributed by atoms with E-state index in [1.807, 2.05) is 13.0 Å². The summed E-state index contributed by atoms with van der Waals surface area (Å²) in [6.45, 7) is 5.28. The van der Waals surface area contributed by atoms with Gasteiger partial charge in [0.15, 0.2) is 6.10 Å². The number of halogens is 1. The van der Waals surface area contributed by atoms with Crippen LogP contribution in [-0.2, 0) is 14.8 Å². The summed E-state index contributed by atoms with van der Waals surface area (Å²) in [6, 6.07) is 9.90. The van der Waals surface area contributed by atoms with Crippen molar-refractivity contribution in [2.24, 2.45) is 0 Å². The van der Waals surface area contributed by atoms with Crippen LogP contribution in [0.25, 0.3) is 0 Å². The maximum Gasteiger partial charge on any atom is 0.265 e. The smallest absolute Gasteiger partial charge is 0.265 e. The summed E-state index contributed by atoms with van der Waals surface area (Å²) in [4.78, 5) is 12.6. The fourth-order valence-electron chi connectivity index (χ4n) is 2.29. The average molecular weight is 411 g/mol. The van der Waals surface area contributed by atoms with E-state index in [9.17, 15) is 13.2 Å². The van der Waals surface area contributed by atoms with E-state index in [-0.39, 0.29) is 4.90 Å². The molecule has 2 rings (SSSR count). The van der Waals surface area contributed by atoms with Crippen molar-refractivity contribution in [3.05, 3.63) is 52.5 Å². The van der Waals surface area contributed by atoms with Gasteiger partial charge in [-0.05, 0) is 56.2 Å². The molecule has 2 aromatic carbocycles. The molecule has 0 saturated carbocycles. The first-order chi connectivity index (χ1) is 12.5. The molecular formula is C19H23ClN2O4S. The van der Waals surface area contributed by atoms with Gasteiger partial charge in [-0.1, -0.05) is 23.7 Å². The number of hydrogen-bond acceptors (Lipinski definition) is 4. The molecule has 1 amide bonds. The lowest BCUT2D eigenvalue weighted by molar-refractivity contribution is -0.122. The summed E-state index contributed by atoms with van der Waals surface area (Å²) < 4.78 is 31.4. The maximum atomic E-state index is 12.5. The molecule has 1 unspecified atom stereocenters. The highest BCUT2D eigenvalue weighted by Gasteiger charge is 2.21. The molecule has 1 N–H and O–H groups in total. The van der Waals surface area contributed by atoms with Gasteiger partial charge in [0.2, 0.25) is 10.0 Å². The fraction of sp³-hybridized carbons (Fsp3) is 0.316. The lowest BCUT2D eigenvalue weighted by Gasteiger charge is -2.18. The Morgan fingerprint density at radius 3 is 2.44 bits per heavy atom. The van der Waals surface area contributed by atoms with Crippen molar-refractivity contribution in [1.82, 2.24) is 4.31 Å². The molecule has 0 aliphatic carbocycles. The Morgan fingerprint density at radius 2 is 1.81 bits per heavy atom. The molecule has 0 saturated heterocycles. The third-order valence-electron chi connectivity index (χ3n) is 4.01. The Labute approximate surface area is 165 Å². The third kappa shape index (κ3) is 5.00. The van der Waals surface area contributed by atoms with E-state index in [0.717, 1.165) is 15.4 Å². The number of carbonyl (C=O) groups excluding carboxylic acids is 1. The number of carbonyl (C=O) groups is 1. The summed E-state index contributed by atoms with van der Waals surface area (Å²) in [6.07, 6.45) is -0.821. The van der Waals surface area contributed by atoms with Gasteiger partial charge in [-0.25, -0.2) is 12.7 Å². The third-order valence-corrected chi connectivity index (χ3v) is 6.13. The molecule has 1 atom stereocenters. The van der Waals surface area contributed by atoms with Crippen LogP contribution in [0.5, 0.6) is 5.75 Å². The predicted molar refractivity (Wildman–Crippen MR) is 107 cm³/mol. The molecule has 2 aromatic rings. The van der Waals surface area contributed by atoms with E-state index >= 15 is 0 Å². The Hall–Kier alpha value is -2.09. The summed E-state index contributed by atoms with van der Waals surface area (Å²) >= 11 is 6.10. The van der Waals surface area contributed by atoms with Crippen molar-refractivity contribution in [2.75, 3.05) is 19.4 Å². The van der Waals surface area contributed by atoms with Crippen molar-refractivity contribution in [2.45, 2.75) is 31.8 Å². The van der Waals surface area contributed by atoms with E-state index in [1.54, 1.807) is 32.0 Å². The number of ether oxygens (including phenoxy) is 1. The van der Waals surface area contributed by atoms with Gasteiger partial charge < -0.3 is 10.1 Å². The van der Waals surface area contributed by atoms with Gasteiger partial charge in [-0.15, -0.1) is 0 Å². The lowest BCUT2D eigenvalue weighted by atomic mass is 10.2. The molecule has 0 spiro atoms. The summed E-state index contributed by atoms with van der Waals surface area (Å²) in [7, 11) is -0.691. The highest BCUT2D eigenvalue weighted by molar-refractivity contribution is 7.89. The molecule has 146 valence electrons. The van der Waals surface area contributed by atoms with Crippen molar-refractivity contribution in [3.8, 4) is 5.75 Å². The second kappa shape index (κ2) is 8.29. The van der Waals surface area contributed by atoms with Gasteiger partial charge in [0.05, 0.1) is 9.92 Å². The number of rotatable bonds is 6. The maximum absolute atomic E-state index is 12.5. The number of nitrogens with one attached hydrogen (secondary N) is 1. The molecule has 0 fully saturated rings. The standard InChI is InChI=1S/C19H23ClN2O4S/c1-12-6-9-16(20)18(10-12)26-14(3)19(23)21-17-11-15(8-7-13(17)2)27(24,25)22(4)5/h6-11,14H,1-5H3,(H,21,23). The zero-order valence-electron chi connectivity index (χ0n) is 15.9. The molecular weight excluding hydrogens is 388 g/mol. The molecule has 0 radical (unpaired) electrons. The fourth-order valence-corrected chi connectivity index (χ4v) is 3.38. The van der Waals surface area contributed by atoms with Gasteiger partial charge in [-0.2, -0.15) is 0 Å². The Bertz CT molecular complexity index is 958. The van der Waals surface area contributed by atoms with Crippen LogP contribution in [0.15, 0.2) is 41.3 Å². The minimum absolute atomic E-state index is 0.101. The Morgan fingerprint density at radius 1 is 1.15 bits per heavy atom. The van der Waals surface area contributed by atoms with Crippen LogP contribution in [0.1, 0.15) is 18.1 Å². The van der Waals surface area contributed by atoms with Crippen molar-refractivity contribution in [3.63, 3.8) is 0 Å². The summed E-state index contributed by atoms with van der Waals surface area (Å²) in [5, 5.41) is 3.14. The molecule has 8 heteroatoms. The molecule has 0 bridgehead atoms. The summed E-state index contributed by atoms with van der Waals surface area (Å²) in [5.74, 6) is 0.00930. The molecule has 0 aliphatic heterocycles. The van der Waals surface area contributed by atoms with Gasteiger partial charge >= 0.3 is 0 Å². The average Bonchev–Trinajstić information content (AvgIpc) is 2.59. The van der Waals surface area contributed by atoms with Crippen LogP contribution in [0.3, 0.4) is 0 Å². The van der Waals surface area contributed by atoms with Crippen molar-refractivity contribution in [1.29, 1.82) is 0 Å². The summed E-state index contributed by atoms with van der Waals surface area (Å²) in [5.41, 5.74) is 2.11. The zero-order chi connectivity index (χ0) is 20.4. The van der Waals surface area contributed by atoms with Crippen LogP contribution < -0.4 is 10.1 Å². The van der Waals surface area contributed by atoms with Crippen LogP contribution >= 0.6 is 11.6 Å². The monoisotopic (exact) mass is 410 g/mol. The van der Waals surface area contributed by atoms with Crippen molar-refractivity contribution < 1.29 is 17.9 Å². The number of sulfonamides is 1. The van der Waals surface area contributed by atoms with Gasteiger partial charge in [-0.3, -0.25) is 4.79 Å². The number of nitrogens with zero attached hydrogens (tertiary/aromatic N) is 1. The molecule has 27 heavy (non-hydrogen) atoms. The number of benzene rings is 2.